The van der Waals surface area contributed by atoms with E-state index in [-0.39, 0.29) is 6.09 Å². The Labute approximate surface area is 169 Å². The van der Waals surface area contributed by atoms with Crippen LogP contribution < -0.4 is 9.47 Å². The largest absolute Gasteiger partial charge is 0.493 e. The molecule has 152 valence electrons. The van der Waals surface area contributed by atoms with Crippen LogP contribution in [0.25, 0.3) is 10.9 Å². The summed E-state index contributed by atoms with van der Waals surface area (Å²) in [7, 11) is 1.59. The van der Waals surface area contributed by atoms with Gasteiger partial charge in [-0.05, 0) is 45.6 Å². The third-order valence-corrected chi connectivity index (χ3v) is 4.91. The van der Waals surface area contributed by atoms with E-state index in [1.165, 1.54) is 6.33 Å². The first-order chi connectivity index (χ1) is 13.3. The van der Waals surface area contributed by atoms with Gasteiger partial charge < -0.3 is 19.1 Å². The number of hydrogen-bond donors (Lipinski definition) is 0. The Morgan fingerprint density at radius 2 is 1.93 bits per heavy atom. The number of methoxy groups -OCH3 is 1. The molecule has 1 aromatic heterocycles. The molecule has 0 N–H and O–H groups in total. The molecule has 7 nitrogen and oxygen atoms in total. The van der Waals surface area contributed by atoms with Crippen LogP contribution in [-0.4, -0.2) is 53.4 Å². The third kappa shape index (κ3) is 4.95. The zero-order valence-electron chi connectivity index (χ0n) is 16.7. The van der Waals surface area contributed by atoms with E-state index in [1.54, 1.807) is 18.1 Å². The summed E-state index contributed by atoms with van der Waals surface area (Å²) in [5.74, 6) is 1.57. The number of likely N-dealkylation sites (tertiary alicyclic amines) is 1. The van der Waals surface area contributed by atoms with E-state index < -0.39 is 5.60 Å². The van der Waals surface area contributed by atoms with Gasteiger partial charge in [0, 0.05) is 24.5 Å². The summed E-state index contributed by atoms with van der Waals surface area (Å²) in [4.78, 5) is 22.2. The van der Waals surface area contributed by atoms with Gasteiger partial charge in [0.05, 0.1) is 19.2 Å². The molecule has 3 rings (SSSR count). The highest BCUT2D eigenvalue weighted by Gasteiger charge is 2.27. The van der Waals surface area contributed by atoms with Crippen molar-refractivity contribution in [1.29, 1.82) is 0 Å². The highest BCUT2D eigenvalue weighted by molar-refractivity contribution is 6.34. The van der Waals surface area contributed by atoms with Gasteiger partial charge in [-0.1, -0.05) is 11.6 Å². The van der Waals surface area contributed by atoms with Gasteiger partial charge in [0.1, 0.15) is 17.1 Å². The fourth-order valence-electron chi connectivity index (χ4n) is 3.12. The Hall–Kier alpha value is -2.28. The van der Waals surface area contributed by atoms with Gasteiger partial charge in [0.2, 0.25) is 0 Å². The van der Waals surface area contributed by atoms with E-state index in [1.807, 2.05) is 26.8 Å². The van der Waals surface area contributed by atoms with Gasteiger partial charge in [0.15, 0.2) is 11.5 Å². The smallest absolute Gasteiger partial charge is 0.410 e. The summed E-state index contributed by atoms with van der Waals surface area (Å²) in [6, 6.07) is 3.61. The molecule has 0 saturated carbocycles. The van der Waals surface area contributed by atoms with E-state index >= 15 is 0 Å². The number of aromatic nitrogens is 2. The molecule has 1 saturated heterocycles. The van der Waals surface area contributed by atoms with Crippen molar-refractivity contribution < 1.29 is 19.0 Å². The van der Waals surface area contributed by atoms with Crippen molar-refractivity contribution in [2.45, 2.75) is 39.2 Å². The number of carbonyl (C=O) groups excluding carboxylic acids is 1. The molecule has 28 heavy (non-hydrogen) atoms. The van der Waals surface area contributed by atoms with Crippen molar-refractivity contribution >= 4 is 28.6 Å². The van der Waals surface area contributed by atoms with Crippen LogP contribution in [0.15, 0.2) is 18.5 Å². The molecule has 1 aromatic carbocycles. The second-order valence-electron chi connectivity index (χ2n) is 7.91. The minimum atomic E-state index is -0.478. The van der Waals surface area contributed by atoms with E-state index in [4.69, 9.17) is 25.8 Å². The number of benzene rings is 1. The number of rotatable bonds is 4. The van der Waals surface area contributed by atoms with Gasteiger partial charge in [-0.2, -0.15) is 0 Å². The number of carbonyl (C=O) groups is 1. The minimum Gasteiger partial charge on any atom is -0.493 e. The molecule has 8 heteroatoms. The van der Waals surface area contributed by atoms with Gasteiger partial charge in [-0.25, -0.2) is 14.8 Å². The second-order valence-corrected chi connectivity index (χ2v) is 8.26. The van der Waals surface area contributed by atoms with Crippen molar-refractivity contribution in [1.82, 2.24) is 14.9 Å². The molecule has 1 aliphatic heterocycles. The SMILES string of the molecule is COc1cc2ncnc(Cl)c2cc1OCC1CCN(C(=O)OC(C)(C)C)CC1. The molecule has 2 heterocycles. The standard InChI is InChI=1S/C20H26ClN3O4/c1-20(2,3)28-19(25)24-7-5-13(6-8-24)11-27-17-9-14-15(10-16(17)26-4)22-12-23-18(14)21/h9-10,12-13H,5-8,11H2,1-4H3. The molecule has 0 atom stereocenters. The Kier molecular flexibility index (Phi) is 6.13. The van der Waals surface area contributed by atoms with Crippen LogP contribution >= 0.6 is 11.6 Å². The lowest BCUT2D eigenvalue weighted by molar-refractivity contribution is 0.0164. The number of halogens is 1. The van der Waals surface area contributed by atoms with Crippen molar-refractivity contribution in [2.24, 2.45) is 5.92 Å². The van der Waals surface area contributed by atoms with Crippen LogP contribution in [0.4, 0.5) is 4.79 Å². The van der Waals surface area contributed by atoms with Gasteiger partial charge in [-0.15, -0.1) is 0 Å². The number of amides is 1. The Morgan fingerprint density at radius 3 is 2.57 bits per heavy atom. The van der Waals surface area contributed by atoms with Crippen LogP contribution in [0.3, 0.4) is 0 Å². The predicted octanol–water partition coefficient (Wildman–Crippen LogP) is 4.32. The van der Waals surface area contributed by atoms with Crippen molar-refractivity contribution in [3.63, 3.8) is 0 Å². The lowest BCUT2D eigenvalue weighted by Gasteiger charge is -2.33. The molecule has 1 aliphatic rings. The topological polar surface area (TPSA) is 73.8 Å². The number of piperidine rings is 1. The summed E-state index contributed by atoms with van der Waals surface area (Å²) in [6.07, 6.45) is 2.89. The quantitative estimate of drug-likeness (QED) is 0.703. The van der Waals surface area contributed by atoms with Gasteiger partial charge in [0.25, 0.3) is 0 Å². The Morgan fingerprint density at radius 1 is 1.21 bits per heavy atom. The number of nitrogens with zero attached hydrogens (tertiary/aromatic N) is 3. The van der Waals surface area contributed by atoms with Gasteiger partial charge >= 0.3 is 6.09 Å². The number of fused-ring (bicyclic) bond motifs is 1. The normalized spacial score (nSPS) is 15.5. The Balaban J connectivity index is 1.60. The summed E-state index contributed by atoms with van der Waals surface area (Å²) < 4.78 is 16.9. The maximum atomic E-state index is 12.2. The molecule has 0 radical (unpaired) electrons. The predicted molar refractivity (Wildman–Crippen MR) is 107 cm³/mol. The first-order valence-corrected chi connectivity index (χ1v) is 9.73. The zero-order chi connectivity index (χ0) is 20.3. The molecule has 1 fully saturated rings. The van der Waals surface area contributed by atoms with Crippen molar-refractivity contribution in [3.8, 4) is 11.5 Å². The van der Waals surface area contributed by atoms with E-state index in [9.17, 15) is 4.79 Å². The second kappa shape index (κ2) is 8.39. The third-order valence-electron chi connectivity index (χ3n) is 4.61. The first kappa shape index (κ1) is 20.5. The van der Waals surface area contributed by atoms with Crippen LogP contribution in [0.2, 0.25) is 5.15 Å². The fraction of sp³-hybridized carbons (Fsp3) is 0.550. The van der Waals surface area contributed by atoms with Crippen LogP contribution in [0, 0.1) is 5.92 Å². The van der Waals surface area contributed by atoms with Gasteiger partial charge in [-0.3, -0.25) is 0 Å². The fourth-order valence-corrected chi connectivity index (χ4v) is 3.32. The highest BCUT2D eigenvalue weighted by atomic mass is 35.5. The van der Waals surface area contributed by atoms with E-state index in [0.717, 1.165) is 18.2 Å². The maximum Gasteiger partial charge on any atom is 0.410 e. The van der Waals surface area contributed by atoms with Crippen LogP contribution in [0.1, 0.15) is 33.6 Å². The lowest BCUT2D eigenvalue weighted by Crippen LogP contribution is -2.42. The van der Waals surface area contributed by atoms with Crippen LogP contribution in [0.5, 0.6) is 11.5 Å². The lowest BCUT2D eigenvalue weighted by atomic mass is 9.98. The van der Waals surface area contributed by atoms with Crippen molar-refractivity contribution in [3.05, 3.63) is 23.6 Å². The number of ether oxygens (including phenoxy) is 3. The zero-order valence-corrected chi connectivity index (χ0v) is 17.5. The van der Waals surface area contributed by atoms with Crippen LogP contribution in [-0.2, 0) is 4.74 Å². The Bertz CT molecular complexity index is 845. The average molecular weight is 408 g/mol. The summed E-state index contributed by atoms with van der Waals surface area (Å²) in [6.45, 7) is 7.49. The molecule has 1 amide bonds. The monoisotopic (exact) mass is 407 g/mol. The molecule has 0 spiro atoms. The molecule has 2 aromatic rings. The number of hydrogen-bond acceptors (Lipinski definition) is 6. The average Bonchev–Trinajstić information content (AvgIpc) is 2.65. The molecule has 0 bridgehead atoms. The summed E-state index contributed by atoms with van der Waals surface area (Å²) >= 11 is 6.17. The van der Waals surface area contributed by atoms with E-state index in [2.05, 4.69) is 9.97 Å². The highest BCUT2D eigenvalue weighted by Crippen LogP contribution is 2.34. The summed E-state index contributed by atoms with van der Waals surface area (Å²) in [5, 5.41) is 1.10. The first-order valence-electron chi connectivity index (χ1n) is 9.36. The molecule has 0 unspecified atom stereocenters. The minimum absolute atomic E-state index is 0.252. The maximum absolute atomic E-state index is 12.2. The summed E-state index contributed by atoms with van der Waals surface area (Å²) in [5.41, 5.74) is 0.226. The molecular weight excluding hydrogens is 382 g/mol. The van der Waals surface area contributed by atoms with Crippen molar-refractivity contribution in [2.75, 3.05) is 26.8 Å². The molecule has 0 aliphatic carbocycles. The van der Waals surface area contributed by atoms with E-state index in [0.29, 0.717) is 47.8 Å². The molecular formula is C20H26ClN3O4.